The van der Waals surface area contributed by atoms with E-state index < -0.39 is 22.5 Å². The van der Waals surface area contributed by atoms with E-state index in [1.165, 1.54) is 37.5 Å². The van der Waals surface area contributed by atoms with Gasteiger partial charge in [-0.3, -0.25) is 9.10 Å². The molecule has 41 heavy (non-hydrogen) atoms. The molecule has 0 saturated carbocycles. The molecular formula is C31H34N4O5S. The highest BCUT2D eigenvalue weighted by molar-refractivity contribution is 7.92. The first kappa shape index (κ1) is 29.4. The van der Waals surface area contributed by atoms with Crippen molar-refractivity contribution in [3.05, 3.63) is 101 Å². The van der Waals surface area contributed by atoms with Gasteiger partial charge in [0.2, 0.25) is 0 Å². The van der Waals surface area contributed by atoms with Crippen LogP contribution in [-0.2, 0) is 14.8 Å². The molecule has 0 bridgehead atoms. The van der Waals surface area contributed by atoms with Gasteiger partial charge < -0.3 is 14.0 Å². The lowest BCUT2D eigenvalue weighted by Crippen LogP contribution is -2.39. The van der Waals surface area contributed by atoms with E-state index in [9.17, 15) is 13.2 Å². The third-order valence-electron chi connectivity index (χ3n) is 6.90. The van der Waals surface area contributed by atoms with Crippen molar-refractivity contribution >= 4 is 27.8 Å². The number of ether oxygens (including phenoxy) is 2. The summed E-state index contributed by atoms with van der Waals surface area (Å²) in [6, 6.07) is 20.8. The van der Waals surface area contributed by atoms with E-state index in [4.69, 9.17) is 9.47 Å². The SMILES string of the molecule is COc1ccc(S(=O)(=O)N(CC(=O)N/N=C\c2cc(C)n(-c3ccc(C)c(C)c3)c2C)c2ccccc2OC)cc1. The Morgan fingerprint density at radius 2 is 1.63 bits per heavy atom. The molecule has 0 fully saturated rings. The molecule has 0 radical (unpaired) electrons. The summed E-state index contributed by atoms with van der Waals surface area (Å²) in [6.45, 7) is 7.62. The summed E-state index contributed by atoms with van der Waals surface area (Å²) >= 11 is 0. The van der Waals surface area contributed by atoms with Crippen molar-refractivity contribution in [3.63, 3.8) is 0 Å². The van der Waals surface area contributed by atoms with E-state index in [0.29, 0.717) is 11.5 Å². The second kappa shape index (κ2) is 12.3. The number of methoxy groups -OCH3 is 2. The molecule has 0 spiro atoms. The highest BCUT2D eigenvalue weighted by Crippen LogP contribution is 2.32. The van der Waals surface area contributed by atoms with E-state index in [-0.39, 0.29) is 10.6 Å². The topological polar surface area (TPSA) is 102 Å². The number of sulfonamides is 1. The number of para-hydroxylation sites is 2. The first-order chi connectivity index (χ1) is 19.6. The Balaban J connectivity index is 1.58. The Kier molecular flexibility index (Phi) is 8.83. The molecule has 1 heterocycles. The molecule has 4 rings (SSSR count). The van der Waals surface area contributed by atoms with Gasteiger partial charge in [-0.15, -0.1) is 0 Å². The molecule has 0 atom stereocenters. The third kappa shape index (κ3) is 6.28. The normalized spacial score (nSPS) is 11.5. The van der Waals surface area contributed by atoms with Gasteiger partial charge in [-0.1, -0.05) is 18.2 Å². The lowest BCUT2D eigenvalue weighted by atomic mass is 10.1. The fourth-order valence-electron chi connectivity index (χ4n) is 4.53. The second-order valence-electron chi connectivity index (χ2n) is 9.58. The van der Waals surface area contributed by atoms with E-state index in [0.717, 1.165) is 26.9 Å². The van der Waals surface area contributed by atoms with Crippen LogP contribution >= 0.6 is 0 Å². The summed E-state index contributed by atoms with van der Waals surface area (Å²) in [4.78, 5) is 13.0. The number of hydrazone groups is 1. The van der Waals surface area contributed by atoms with Gasteiger partial charge in [0.25, 0.3) is 15.9 Å². The quantitative estimate of drug-likeness (QED) is 0.210. The number of rotatable bonds is 10. The monoisotopic (exact) mass is 574 g/mol. The Labute approximate surface area is 241 Å². The summed E-state index contributed by atoms with van der Waals surface area (Å²) in [5.74, 6) is 0.198. The molecular weight excluding hydrogens is 540 g/mol. The molecule has 1 N–H and O–H groups in total. The number of amides is 1. The molecule has 1 aromatic heterocycles. The molecule has 9 nitrogen and oxygen atoms in total. The first-order valence-electron chi connectivity index (χ1n) is 12.9. The molecule has 214 valence electrons. The minimum atomic E-state index is -4.15. The summed E-state index contributed by atoms with van der Waals surface area (Å²) in [7, 11) is -1.21. The van der Waals surface area contributed by atoms with Gasteiger partial charge in [0.15, 0.2) is 0 Å². The molecule has 3 aromatic carbocycles. The Morgan fingerprint density at radius 3 is 2.29 bits per heavy atom. The van der Waals surface area contributed by atoms with Crippen LogP contribution in [0.2, 0.25) is 0 Å². The molecule has 0 aliphatic carbocycles. The molecule has 10 heteroatoms. The van der Waals surface area contributed by atoms with Gasteiger partial charge >= 0.3 is 0 Å². The maximum absolute atomic E-state index is 13.7. The van der Waals surface area contributed by atoms with E-state index in [2.05, 4.69) is 47.1 Å². The van der Waals surface area contributed by atoms with Crippen molar-refractivity contribution in [1.29, 1.82) is 0 Å². The summed E-state index contributed by atoms with van der Waals surface area (Å²) < 4.78 is 41.1. The Bertz CT molecular complexity index is 1690. The summed E-state index contributed by atoms with van der Waals surface area (Å²) in [5, 5.41) is 4.14. The van der Waals surface area contributed by atoms with E-state index >= 15 is 0 Å². The number of benzene rings is 3. The minimum absolute atomic E-state index is 0.000658. The lowest BCUT2D eigenvalue weighted by molar-refractivity contribution is -0.119. The maximum atomic E-state index is 13.7. The lowest BCUT2D eigenvalue weighted by Gasteiger charge is -2.25. The Hall–Kier alpha value is -4.57. The average molecular weight is 575 g/mol. The van der Waals surface area contributed by atoms with Gasteiger partial charge in [0.1, 0.15) is 18.0 Å². The highest BCUT2D eigenvalue weighted by atomic mass is 32.2. The number of aromatic nitrogens is 1. The van der Waals surface area contributed by atoms with Crippen LogP contribution in [-0.4, -0.2) is 45.9 Å². The predicted octanol–water partition coefficient (Wildman–Crippen LogP) is 5.07. The predicted molar refractivity (Wildman–Crippen MR) is 161 cm³/mol. The van der Waals surface area contributed by atoms with Crippen molar-refractivity contribution in [2.45, 2.75) is 32.6 Å². The first-order valence-corrected chi connectivity index (χ1v) is 14.4. The van der Waals surface area contributed by atoms with Crippen molar-refractivity contribution in [2.24, 2.45) is 5.10 Å². The van der Waals surface area contributed by atoms with E-state index in [1.807, 2.05) is 19.9 Å². The Morgan fingerprint density at radius 1 is 0.927 bits per heavy atom. The second-order valence-corrected chi connectivity index (χ2v) is 11.4. The number of nitrogens with zero attached hydrogens (tertiary/aromatic N) is 3. The fourth-order valence-corrected chi connectivity index (χ4v) is 5.96. The van der Waals surface area contributed by atoms with Crippen LogP contribution in [0.15, 0.2) is 82.8 Å². The van der Waals surface area contributed by atoms with Crippen LogP contribution in [0.25, 0.3) is 5.69 Å². The largest absolute Gasteiger partial charge is 0.497 e. The third-order valence-corrected chi connectivity index (χ3v) is 8.67. The molecule has 1 amide bonds. The molecule has 0 unspecified atom stereocenters. The van der Waals surface area contributed by atoms with Crippen LogP contribution in [0.1, 0.15) is 28.1 Å². The van der Waals surface area contributed by atoms with Crippen LogP contribution < -0.4 is 19.2 Å². The van der Waals surface area contributed by atoms with Crippen molar-refractivity contribution < 1.29 is 22.7 Å². The maximum Gasteiger partial charge on any atom is 0.264 e. The average Bonchev–Trinajstić information content (AvgIpc) is 3.25. The number of nitrogens with one attached hydrogen (secondary N) is 1. The summed E-state index contributed by atoms with van der Waals surface area (Å²) in [6.07, 6.45) is 1.56. The van der Waals surface area contributed by atoms with Gasteiger partial charge in [-0.25, -0.2) is 13.8 Å². The smallest absolute Gasteiger partial charge is 0.264 e. The number of hydrogen-bond donors (Lipinski definition) is 1. The van der Waals surface area contributed by atoms with Crippen LogP contribution in [0.5, 0.6) is 11.5 Å². The van der Waals surface area contributed by atoms with Crippen molar-refractivity contribution in [2.75, 3.05) is 25.1 Å². The zero-order valence-corrected chi connectivity index (χ0v) is 24.8. The minimum Gasteiger partial charge on any atom is -0.497 e. The number of hydrogen-bond acceptors (Lipinski definition) is 6. The van der Waals surface area contributed by atoms with Gasteiger partial charge in [-0.2, -0.15) is 5.10 Å². The number of carbonyl (C=O) groups excluding carboxylic acids is 1. The number of aryl methyl sites for hydroxylation is 3. The van der Waals surface area contributed by atoms with Crippen molar-refractivity contribution in [1.82, 2.24) is 9.99 Å². The fraction of sp³-hybridized carbons (Fsp3) is 0.226. The zero-order chi connectivity index (χ0) is 29.7. The van der Waals surface area contributed by atoms with Crippen LogP contribution in [0, 0.1) is 27.7 Å². The van der Waals surface area contributed by atoms with Crippen molar-refractivity contribution in [3.8, 4) is 17.2 Å². The molecule has 0 aliphatic rings. The van der Waals surface area contributed by atoms with E-state index in [1.54, 1.807) is 42.6 Å². The van der Waals surface area contributed by atoms with Gasteiger partial charge in [-0.05, 0) is 93.4 Å². The number of carbonyl (C=O) groups is 1. The van der Waals surface area contributed by atoms with Gasteiger partial charge in [0, 0.05) is 22.6 Å². The van der Waals surface area contributed by atoms with Crippen LogP contribution in [0.4, 0.5) is 5.69 Å². The van der Waals surface area contributed by atoms with Gasteiger partial charge in [0.05, 0.1) is 31.0 Å². The standard InChI is InChI=1S/C31H34N4O5S/c1-21-11-12-26(17-22(21)2)35-23(3)18-25(24(35)4)19-32-33-31(36)20-34(29-9-7-8-10-30(29)40-6)41(37,38)28-15-13-27(39-5)14-16-28/h7-19H,20H2,1-6H3,(H,33,36)/b32-19-. The molecule has 0 aliphatic heterocycles. The number of anilines is 1. The highest BCUT2D eigenvalue weighted by Gasteiger charge is 2.29. The summed E-state index contributed by atoms with van der Waals surface area (Å²) in [5.41, 5.74) is 8.97. The molecule has 0 saturated heterocycles. The van der Waals surface area contributed by atoms with Crippen LogP contribution in [0.3, 0.4) is 0 Å². The zero-order valence-electron chi connectivity index (χ0n) is 24.0. The molecule has 4 aromatic rings.